The average Bonchev–Trinajstić information content (AvgIpc) is 2.22. The molecule has 6 heteroatoms. The van der Waals surface area contributed by atoms with E-state index < -0.39 is 12.2 Å². The van der Waals surface area contributed by atoms with Gasteiger partial charge in [-0.05, 0) is 0 Å². The Balaban J connectivity index is 0. The zero-order valence-electron chi connectivity index (χ0n) is 8.59. The van der Waals surface area contributed by atoms with Crippen molar-refractivity contribution in [1.29, 1.82) is 2.86 Å². The monoisotopic (exact) mass is 186 g/mol. The van der Waals surface area contributed by atoms with Crippen molar-refractivity contribution < 1.29 is 30.6 Å². The summed E-state index contributed by atoms with van der Waals surface area (Å²) in [6.07, 6.45) is -1.64. The Morgan fingerprint density at radius 1 is 0.917 bits per heavy atom. The number of rotatable bonds is 6. The van der Waals surface area contributed by atoms with Crippen molar-refractivity contribution in [3.63, 3.8) is 0 Å². The van der Waals surface area contributed by atoms with E-state index in [-0.39, 0.29) is 26.4 Å². The number of hydrogen-bond acceptors (Lipinski definition) is 6. The summed E-state index contributed by atoms with van der Waals surface area (Å²) in [6.45, 7) is -1.09. The molecule has 0 heterocycles. The van der Waals surface area contributed by atoms with Gasteiger partial charge in [0.25, 0.3) is 0 Å². The molecule has 0 rings (SSSR count). The third-order valence-electron chi connectivity index (χ3n) is 0.810. The Labute approximate surface area is 73.3 Å². The van der Waals surface area contributed by atoms with Gasteiger partial charge < -0.3 is 30.6 Å². The fraction of sp³-hybridized carbons (Fsp3) is 1.00. The van der Waals surface area contributed by atoms with E-state index in [1.54, 1.807) is 0 Å². The van der Waals surface area contributed by atoms with E-state index in [9.17, 15) is 0 Å². The standard InChI is InChI=1S/2C3H8O3/c2*4-1-3(6)2-5/h2*3-6H,1-2H2/i6D;4D. The van der Waals surface area contributed by atoms with Gasteiger partial charge in [-0.3, -0.25) is 0 Å². The fourth-order valence-electron chi connectivity index (χ4n) is 0.110. The summed E-state index contributed by atoms with van der Waals surface area (Å²) >= 11 is 0. The summed E-state index contributed by atoms with van der Waals surface area (Å²) in [4.78, 5) is 0. The molecule has 0 aliphatic heterocycles. The highest BCUT2D eigenvalue weighted by atomic mass is 16.3. The van der Waals surface area contributed by atoms with Gasteiger partial charge in [-0.1, -0.05) is 0 Å². The van der Waals surface area contributed by atoms with Gasteiger partial charge in [0.05, 0.1) is 26.4 Å². The van der Waals surface area contributed by atoms with Crippen LogP contribution in [-0.4, -0.2) is 72.1 Å². The summed E-state index contributed by atoms with van der Waals surface area (Å²) in [5, 5.41) is 40.2. The van der Waals surface area contributed by atoms with Gasteiger partial charge in [0, 0.05) is 0 Å². The van der Waals surface area contributed by atoms with Gasteiger partial charge in [-0.15, -0.1) is 0 Å². The number of hydrogen-bond donors (Lipinski definition) is 6. The first-order valence-corrected chi connectivity index (χ1v) is 3.36. The normalized spacial score (nSPS) is 14.4. The van der Waals surface area contributed by atoms with Crippen LogP contribution in [0.25, 0.3) is 0 Å². The lowest BCUT2D eigenvalue weighted by Crippen LogP contribution is -2.15. The molecule has 0 radical (unpaired) electrons. The molecule has 0 aliphatic rings. The van der Waals surface area contributed by atoms with Crippen LogP contribution in [0.15, 0.2) is 0 Å². The van der Waals surface area contributed by atoms with Gasteiger partial charge in [0.1, 0.15) is 12.2 Å². The highest BCUT2D eigenvalue weighted by Crippen LogP contribution is 1.72. The van der Waals surface area contributed by atoms with Crippen molar-refractivity contribution >= 4 is 0 Å². The van der Waals surface area contributed by atoms with Crippen LogP contribution in [0.2, 0.25) is 0 Å². The molecule has 1 unspecified atom stereocenters. The molecule has 0 fully saturated rings. The predicted molar refractivity (Wildman–Crippen MR) is 40.4 cm³/mol. The van der Waals surface area contributed by atoms with Crippen molar-refractivity contribution in [2.75, 3.05) is 26.4 Å². The van der Waals surface area contributed by atoms with Crippen LogP contribution in [0.4, 0.5) is 0 Å². The van der Waals surface area contributed by atoms with Crippen molar-refractivity contribution in [2.24, 2.45) is 0 Å². The molecule has 1 atom stereocenters. The Morgan fingerprint density at radius 2 is 1.42 bits per heavy atom. The van der Waals surface area contributed by atoms with Crippen LogP contribution in [0, 0.1) is 0 Å². The first-order chi connectivity index (χ1) is 6.65. The first-order valence-electron chi connectivity index (χ1n) is 4.18. The molecule has 0 saturated carbocycles. The Hall–Kier alpha value is -0.240. The summed E-state index contributed by atoms with van der Waals surface area (Å²) in [6, 6.07) is 0. The zero-order chi connectivity index (χ0) is 11.4. The minimum absolute atomic E-state index is 0.128. The SMILES string of the molecule is [2H]OC(CO)CO.[2H]OCC(O)CO. The molecule has 0 aromatic rings. The van der Waals surface area contributed by atoms with Crippen LogP contribution in [-0.2, 0) is 0 Å². The number of aliphatic hydroxyl groups is 6. The molecular formula is C6H16O6. The molecule has 0 amide bonds. The molecule has 0 spiro atoms. The topological polar surface area (TPSA) is 121 Å². The second kappa shape index (κ2) is 10.8. The van der Waals surface area contributed by atoms with E-state index in [4.69, 9.17) is 23.3 Å². The van der Waals surface area contributed by atoms with E-state index in [2.05, 4.69) is 10.2 Å². The lowest BCUT2D eigenvalue weighted by Gasteiger charge is -1.96. The maximum absolute atomic E-state index is 8.36. The predicted octanol–water partition coefficient (Wildman–Crippen LogP) is -3.34. The van der Waals surface area contributed by atoms with Gasteiger partial charge in [-0.2, -0.15) is 0 Å². The van der Waals surface area contributed by atoms with E-state index >= 15 is 0 Å². The molecule has 0 bridgehead atoms. The van der Waals surface area contributed by atoms with Crippen molar-refractivity contribution in [3.8, 4) is 0 Å². The second-order valence-electron chi connectivity index (χ2n) is 1.99. The molecular weight excluding hydrogens is 168 g/mol. The fourth-order valence-corrected chi connectivity index (χ4v) is 0.110. The molecule has 0 saturated heterocycles. The van der Waals surface area contributed by atoms with E-state index in [0.717, 1.165) is 0 Å². The Bertz CT molecular complexity index is 96.8. The third-order valence-corrected chi connectivity index (χ3v) is 0.810. The Kier molecular flexibility index (Phi) is 8.83. The van der Waals surface area contributed by atoms with Gasteiger partial charge >= 0.3 is 0 Å². The zero-order valence-corrected chi connectivity index (χ0v) is 6.59. The second-order valence-corrected chi connectivity index (χ2v) is 1.99. The third kappa shape index (κ3) is 12.4. The van der Waals surface area contributed by atoms with Crippen LogP contribution >= 0.6 is 0 Å². The summed E-state index contributed by atoms with van der Waals surface area (Å²) in [5.74, 6) is 0. The molecule has 0 aromatic carbocycles. The highest BCUT2D eigenvalue weighted by Gasteiger charge is 1.94. The molecule has 6 nitrogen and oxygen atoms in total. The van der Waals surface area contributed by atoms with Crippen molar-refractivity contribution in [3.05, 3.63) is 0 Å². The largest absolute Gasteiger partial charge is 0.394 e. The highest BCUT2D eigenvalue weighted by molar-refractivity contribution is 4.44. The molecule has 0 aromatic heterocycles. The maximum Gasteiger partial charge on any atom is 0.211 e. The maximum atomic E-state index is 8.36. The van der Waals surface area contributed by atoms with Crippen LogP contribution in [0.1, 0.15) is 0 Å². The van der Waals surface area contributed by atoms with E-state index in [1.807, 2.05) is 0 Å². The van der Waals surface area contributed by atoms with Gasteiger partial charge in [0.2, 0.25) is 2.86 Å². The number of aliphatic hydroxyl groups excluding tert-OH is 6. The van der Waals surface area contributed by atoms with Gasteiger partial charge in [0.15, 0.2) is 0 Å². The van der Waals surface area contributed by atoms with Crippen LogP contribution < -0.4 is 0 Å². The minimum Gasteiger partial charge on any atom is -0.394 e. The smallest absolute Gasteiger partial charge is 0.211 e. The van der Waals surface area contributed by atoms with Crippen LogP contribution in [0.3, 0.4) is 0 Å². The summed E-state index contributed by atoms with van der Waals surface area (Å²) in [5.41, 5.74) is 0. The molecule has 76 valence electrons. The summed E-state index contributed by atoms with van der Waals surface area (Å²) < 4.78 is 12.2. The van der Waals surface area contributed by atoms with Crippen molar-refractivity contribution in [1.82, 2.24) is 0 Å². The molecule has 12 heavy (non-hydrogen) atoms. The average molecular weight is 186 g/mol. The van der Waals surface area contributed by atoms with Crippen molar-refractivity contribution in [2.45, 2.75) is 12.2 Å². The van der Waals surface area contributed by atoms with E-state index in [1.165, 1.54) is 0 Å². The van der Waals surface area contributed by atoms with E-state index in [0.29, 0.717) is 0 Å². The first kappa shape index (κ1) is 9.85. The van der Waals surface area contributed by atoms with Crippen LogP contribution in [0.5, 0.6) is 0 Å². The lowest BCUT2D eigenvalue weighted by atomic mass is 10.4. The molecule has 6 N–H and O–H groups in total. The molecule has 0 aliphatic carbocycles. The Morgan fingerprint density at radius 3 is 1.50 bits per heavy atom. The quantitative estimate of drug-likeness (QED) is 0.258. The summed E-state index contributed by atoms with van der Waals surface area (Å²) in [7, 11) is 0. The minimum atomic E-state index is -0.905. The lowest BCUT2D eigenvalue weighted by molar-refractivity contribution is 0.0450. The van der Waals surface area contributed by atoms with Gasteiger partial charge in [-0.25, -0.2) is 0 Å².